The van der Waals surface area contributed by atoms with Gasteiger partial charge < -0.3 is 11.1 Å². The number of carbonyl (C=O) groups is 1. The third-order valence-corrected chi connectivity index (χ3v) is 3.16. The normalized spacial score (nSPS) is 10.2. The molecule has 2 aromatic carbocycles. The number of nitrogens with zero attached hydrogens (tertiary/aromatic N) is 1. The maximum absolute atomic E-state index is 13.6. The minimum Gasteiger partial charge on any atom is -0.393 e. The van der Waals surface area contributed by atoms with Gasteiger partial charge in [0.1, 0.15) is 11.5 Å². The average molecular weight is 354 g/mol. The van der Waals surface area contributed by atoms with Gasteiger partial charge in [-0.05, 0) is 30.3 Å². The van der Waals surface area contributed by atoms with Gasteiger partial charge in [0.2, 0.25) is 0 Å². The van der Waals surface area contributed by atoms with Crippen molar-refractivity contribution in [3.63, 3.8) is 0 Å². The van der Waals surface area contributed by atoms with Crippen molar-refractivity contribution in [1.29, 1.82) is 0 Å². The van der Waals surface area contributed by atoms with E-state index in [9.17, 15) is 19.3 Å². The molecule has 0 radical (unpaired) electrons. The third-order valence-electron chi connectivity index (χ3n) is 2.67. The summed E-state index contributed by atoms with van der Waals surface area (Å²) in [7, 11) is 0. The van der Waals surface area contributed by atoms with Crippen LogP contribution < -0.4 is 11.1 Å². The Morgan fingerprint density at radius 2 is 2.00 bits per heavy atom. The molecule has 0 fully saturated rings. The molecule has 3 N–H and O–H groups in total. The van der Waals surface area contributed by atoms with Crippen molar-refractivity contribution in [2.24, 2.45) is 0 Å². The number of nitrogen functional groups attached to an aromatic ring is 1. The highest BCUT2D eigenvalue weighted by Gasteiger charge is 2.15. The molecule has 8 heteroatoms. The second kappa shape index (κ2) is 5.88. The Kier molecular flexibility index (Phi) is 4.18. The van der Waals surface area contributed by atoms with E-state index < -0.39 is 16.6 Å². The lowest BCUT2D eigenvalue weighted by molar-refractivity contribution is -0.383. The molecule has 0 aromatic heterocycles. The molecule has 2 rings (SSSR count). The van der Waals surface area contributed by atoms with E-state index in [2.05, 4.69) is 21.2 Å². The predicted octanol–water partition coefficient (Wildman–Crippen LogP) is 3.33. The number of hydrogen-bond acceptors (Lipinski definition) is 4. The zero-order chi connectivity index (χ0) is 15.6. The van der Waals surface area contributed by atoms with Crippen LogP contribution in [0.3, 0.4) is 0 Å². The molecule has 6 nitrogen and oxygen atoms in total. The Morgan fingerprint density at radius 1 is 1.29 bits per heavy atom. The van der Waals surface area contributed by atoms with Crippen LogP contribution in [0, 0.1) is 15.9 Å². The van der Waals surface area contributed by atoms with Gasteiger partial charge in [-0.1, -0.05) is 15.9 Å². The summed E-state index contributed by atoms with van der Waals surface area (Å²) in [5, 5.41) is 13.0. The van der Waals surface area contributed by atoms with E-state index in [1.54, 1.807) is 6.07 Å². The first-order chi connectivity index (χ1) is 9.88. The van der Waals surface area contributed by atoms with Crippen molar-refractivity contribution in [2.75, 3.05) is 11.1 Å². The summed E-state index contributed by atoms with van der Waals surface area (Å²) in [5.41, 5.74) is 5.17. The standard InChI is InChI=1S/C13H9BrFN3O3/c14-8-2-3-11(9(15)6-8)17-13(19)7-1-4-12(18(20)21)10(16)5-7/h1-6H,16H2,(H,17,19). The van der Waals surface area contributed by atoms with E-state index in [0.717, 1.165) is 6.07 Å². The number of amides is 1. The molecule has 0 heterocycles. The second-order valence-electron chi connectivity index (χ2n) is 4.11. The van der Waals surface area contributed by atoms with Crippen LogP contribution in [0.2, 0.25) is 0 Å². The van der Waals surface area contributed by atoms with Crippen molar-refractivity contribution in [3.8, 4) is 0 Å². The molecule has 0 aliphatic heterocycles. The van der Waals surface area contributed by atoms with E-state index in [0.29, 0.717) is 4.47 Å². The van der Waals surface area contributed by atoms with E-state index in [1.165, 1.54) is 24.3 Å². The van der Waals surface area contributed by atoms with Gasteiger partial charge in [0.15, 0.2) is 0 Å². The topological polar surface area (TPSA) is 98.3 Å². The van der Waals surface area contributed by atoms with E-state index in [4.69, 9.17) is 5.73 Å². The summed E-state index contributed by atoms with van der Waals surface area (Å²) in [4.78, 5) is 22.0. The number of carbonyl (C=O) groups excluding carboxylic acids is 1. The monoisotopic (exact) mass is 353 g/mol. The third kappa shape index (κ3) is 3.34. The molecule has 0 spiro atoms. The SMILES string of the molecule is Nc1cc(C(=O)Nc2ccc(Br)cc2F)ccc1[N+](=O)[O-]. The Bertz CT molecular complexity index is 737. The summed E-state index contributed by atoms with van der Waals surface area (Å²) in [6.45, 7) is 0. The Hall–Kier alpha value is -2.48. The molecule has 0 aliphatic rings. The van der Waals surface area contributed by atoms with Gasteiger partial charge in [0.05, 0.1) is 10.6 Å². The number of rotatable bonds is 3. The molecule has 0 bridgehead atoms. The predicted molar refractivity (Wildman–Crippen MR) is 79.6 cm³/mol. The molecular formula is C13H9BrFN3O3. The molecular weight excluding hydrogens is 345 g/mol. The highest BCUT2D eigenvalue weighted by atomic mass is 79.9. The number of nitro benzene ring substituents is 1. The number of hydrogen-bond donors (Lipinski definition) is 2. The molecule has 0 aliphatic carbocycles. The molecule has 108 valence electrons. The molecule has 0 saturated heterocycles. The summed E-state index contributed by atoms with van der Waals surface area (Å²) < 4.78 is 14.2. The first-order valence-electron chi connectivity index (χ1n) is 5.69. The fraction of sp³-hybridized carbons (Fsp3) is 0. The summed E-state index contributed by atoms with van der Waals surface area (Å²) in [5.74, 6) is -1.22. The molecule has 2 aromatic rings. The van der Waals surface area contributed by atoms with Gasteiger partial charge >= 0.3 is 0 Å². The lowest BCUT2D eigenvalue weighted by Gasteiger charge is -2.07. The number of anilines is 2. The van der Waals surface area contributed by atoms with Crippen LogP contribution in [0.15, 0.2) is 40.9 Å². The van der Waals surface area contributed by atoms with Crippen LogP contribution in [0.5, 0.6) is 0 Å². The quantitative estimate of drug-likeness (QED) is 0.502. The van der Waals surface area contributed by atoms with Crippen LogP contribution >= 0.6 is 15.9 Å². The Labute approximate surface area is 127 Å². The lowest BCUT2D eigenvalue weighted by atomic mass is 10.1. The number of nitrogens with two attached hydrogens (primary N) is 1. The maximum Gasteiger partial charge on any atom is 0.292 e. The van der Waals surface area contributed by atoms with Gasteiger partial charge in [0.25, 0.3) is 11.6 Å². The van der Waals surface area contributed by atoms with Gasteiger partial charge in [-0.3, -0.25) is 14.9 Å². The minimum atomic E-state index is -0.647. The van der Waals surface area contributed by atoms with Crippen LogP contribution in [0.1, 0.15) is 10.4 Å². The number of halogens is 2. The molecule has 0 unspecified atom stereocenters. The minimum absolute atomic E-state index is 0.000115. The zero-order valence-corrected chi connectivity index (χ0v) is 12.1. The Balaban J connectivity index is 2.24. The highest BCUT2D eigenvalue weighted by molar-refractivity contribution is 9.10. The van der Waals surface area contributed by atoms with Crippen LogP contribution in [-0.4, -0.2) is 10.8 Å². The molecule has 21 heavy (non-hydrogen) atoms. The van der Waals surface area contributed by atoms with Crippen molar-refractivity contribution in [1.82, 2.24) is 0 Å². The van der Waals surface area contributed by atoms with Gasteiger partial charge in [-0.15, -0.1) is 0 Å². The van der Waals surface area contributed by atoms with Crippen molar-refractivity contribution >= 4 is 38.9 Å². The largest absolute Gasteiger partial charge is 0.393 e. The molecule has 0 saturated carbocycles. The van der Waals surface area contributed by atoms with Crippen LogP contribution in [0.4, 0.5) is 21.5 Å². The van der Waals surface area contributed by atoms with Gasteiger partial charge in [0, 0.05) is 16.1 Å². The lowest BCUT2D eigenvalue weighted by Crippen LogP contribution is -2.13. The fourth-order valence-corrected chi connectivity index (χ4v) is 1.98. The van der Waals surface area contributed by atoms with Crippen molar-refractivity contribution in [2.45, 2.75) is 0 Å². The van der Waals surface area contributed by atoms with Gasteiger partial charge in [-0.2, -0.15) is 0 Å². The number of nitrogens with one attached hydrogen (secondary N) is 1. The summed E-state index contributed by atoms with van der Waals surface area (Å²) in [6.07, 6.45) is 0. The van der Waals surface area contributed by atoms with E-state index >= 15 is 0 Å². The second-order valence-corrected chi connectivity index (χ2v) is 5.02. The van der Waals surface area contributed by atoms with Crippen LogP contribution in [-0.2, 0) is 0 Å². The number of benzene rings is 2. The maximum atomic E-state index is 13.6. The first-order valence-corrected chi connectivity index (χ1v) is 6.48. The average Bonchev–Trinajstić information content (AvgIpc) is 2.41. The van der Waals surface area contributed by atoms with E-state index in [-0.39, 0.29) is 22.6 Å². The van der Waals surface area contributed by atoms with Crippen molar-refractivity contribution in [3.05, 3.63) is 62.4 Å². The Morgan fingerprint density at radius 3 is 2.57 bits per heavy atom. The molecule has 1 amide bonds. The molecule has 0 atom stereocenters. The fourth-order valence-electron chi connectivity index (χ4n) is 1.65. The summed E-state index contributed by atoms with van der Waals surface area (Å²) in [6, 6.07) is 7.72. The summed E-state index contributed by atoms with van der Waals surface area (Å²) >= 11 is 3.11. The van der Waals surface area contributed by atoms with E-state index in [1.807, 2.05) is 0 Å². The number of nitro groups is 1. The smallest absolute Gasteiger partial charge is 0.292 e. The highest BCUT2D eigenvalue weighted by Crippen LogP contribution is 2.24. The van der Waals surface area contributed by atoms with Crippen LogP contribution in [0.25, 0.3) is 0 Å². The van der Waals surface area contributed by atoms with Gasteiger partial charge in [-0.25, -0.2) is 4.39 Å². The first kappa shape index (κ1) is 14.9. The zero-order valence-electron chi connectivity index (χ0n) is 10.5. The van der Waals surface area contributed by atoms with Crippen molar-refractivity contribution < 1.29 is 14.1 Å².